The molecule has 0 saturated heterocycles. The third-order valence-electron chi connectivity index (χ3n) is 1.98. The molecule has 0 aromatic heterocycles. The number of methoxy groups -OCH3 is 2. The van der Waals surface area contributed by atoms with Crippen molar-refractivity contribution in [1.29, 1.82) is 0 Å². The molecular formula is C11H21NO5. The van der Waals surface area contributed by atoms with Gasteiger partial charge in [0.15, 0.2) is 0 Å². The van der Waals surface area contributed by atoms with E-state index in [1.54, 1.807) is 0 Å². The largest absolute Gasteiger partial charge is 0.505 e. The van der Waals surface area contributed by atoms with Crippen LogP contribution >= 0.6 is 0 Å². The number of hydrogen-bond donors (Lipinski definition) is 2. The molecule has 1 atom stereocenters. The van der Waals surface area contributed by atoms with Crippen LogP contribution in [0, 0.1) is 5.92 Å². The lowest BCUT2D eigenvalue weighted by molar-refractivity contribution is -0.145. The Labute approximate surface area is 101 Å². The minimum absolute atomic E-state index is 0.0654. The molecule has 0 amide bonds. The van der Waals surface area contributed by atoms with E-state index in [0.29, 0.717) is 0 Å². The molecule has 0 aliphatic heterocycles. The molecule has 1 rings (SSSR count). The first-order valence-electron chi connectivity index (χ1n) is 5.19. The van der Waals surface area contributed by atoms with E-state index in [1.165, 1.54) is 14.2 Å². The Morgan fingerprint density at radius 1 is 1.24 bits per heavy atom. The Bertz CT molecular complexity index is 240. The standard InChI is InChI=1S/C8H12O2.C2H4O3.CH5N/c1-10-8(9)7-5-3-2-4-6-7;1-5-2(3)4;1-2/h2-3,7H,4-6H2,1H3;1H3,(H,3,4);2H2,1H3. The van der Waals surface area contributed by atoms with Gasteiger partial charge in [0.05, 0.1) is 20.1 Å². The van der Waals surface area contributed by atoms with Crippen LogP contribution in [0.2, 0.25) is 0 Å². The molecule has 0 radical (unpaired) electrons. The summed E-state index contributed by atoms with van der Waals surface area (Å²) >= 11 is 0. The summed E-state index contributed by atoms with van der Waals surface area (Å²) in [5, 5.41) is 7.50. The van der Waals surface area contributed by atoms with Gasteiger partial charge < -0.3 is 20.3 Å². The number of esters is 1. The van der Waals surface area contributed by atoms with Gasteiger partial charge >= 0.3 is 12.1 Å². The Kier molecular flexibility index (Phi) is 13.1. The second-order valence-electron chi connectivity index (χ2n) is 2.97. The van der Waals surface area contributed by atoms with E-state index in [2.05, 4.69) is 21.3 Å². The van der Waals surface area contributed by atoms with Gasteiger partial charge in [-0.05, 0) is 26.3 Å². The zero-order valence-electron chi connectivity index (χ0n) is 10.5. The highest BCUT2D eigenvalue weighted by molar-refractivity contribution is 5.72. The fourth-order valence-corrected chi connectivity index (χ4v) is 1.17. The van der Waals surface area contributed by atoms with Crippen molar-refractivity contribution in [2.45, 2.75) is 19.3 Å². The SMILES string of the molecule is CN.COC(=O)C1CC=CCC1.COC(=O)O. The zero-order chi connectivity index (χ0) is 13.7. The summed E-state index contributed by atoms with van der Waals surface area (Å²) in [6, 6.07) is 0. The van der Waals surface area contributed by atoms with Gasteiger partial charge in [0.25, 0.3) is 0 Å². The van der Waals surface area contributed by atoms with Crippen LogP contribution in [-0.2, 0) is 14.3 Å². The van der Waals surface area contributed by atoms with Crippen LogP contribution in [0.25, 0.3) is 0 Å². The Morgan fingerprint density at radius 2 is 1.76 bits per heavy atom. The average Bonchev–Trinajstić information content (AvgIpc) is 2.41. The van der Waals surface area contributed by atoms with Crippen LogP contribution in [0.4, 0.5) is 4.79 Å². The van der Waals surface area contributed by atoms with E-state index < -0.39 is 6.16 Å². The van der Waals surface area contributed by atoms with Gasteiger partial charge in [-0.1, -0.05) is 12.2 Å². The summed E-state index contributed by atoms with van der Waals surface area (Å²) in [6.07, 6.45) is 5.73. The van der Waals surface area contributed by atoms with E-state index in [1.807, 2.05) is 6.08 Å². The minimum Gasteiger partial charge on any atom is -0.469 e. The molecule has 0 saturated carbocycles. The normalized spacial score (nSPS) is 16.6. The Morgan fingerprint density at radius 3 is 2.06 bits per heavy atom. The van der Waals surface area contributed by atoms with Crippen LogP contribution < -0.4 is 5.73 Å². The third kappa shape index (κ3) is 10.7. The van der Waals surface area contributed by atoms with Gasteiger partial charge in [-0.15, -0.1) is 0 Å². The predicted molar refractivity (Wildman–Crippen MR) is 63.6 cm³/mol. The summed E-state index contributed by atoms with van der Waals surface area (Å²) < 4.78 is 8.28. The average molecular weight is 247 g/mol. The van der Waals surface area contributed by atoms with Gasteiger partial charge in [0, 0.05) is 0 Å². The molecular weight excluding hydrogens is 226 g/mol. The topological polar surface area (TPSA) is 98.9 Å². The fraction of sp³-hybridized carbons (Fsp3) is 0.636. The molecule has 0 heterocycles. The first-order valence-corrected chi connectivity index (χ1v) is 5.19. The molecule has 0 spiro atoms. The molecule has 1 aliphatic rings. The number of hydrogen-bond acceptors (Lipinski definition) is 5. The zero-order valence-corrected chi connectivity index (χ0v) is 10.5. The molecule has 6 heteroatoms. The van der Waals surface area contributed by atoms with Gasteiger partial charge in [-0.2, -0.15) is 0 Å². The molecule has 1 unspecified atom stereocenters. The van der Waals surface area contributed by atoms with E-state index >= 15 is 0 Å². The molecule has 1 aliphatic carbocycles. The highest BCUT2D eigenvalue weighted by Crippen LogP contribution is 2.18. The van der Waals surface area contributed by atoms with E-state index in [0.717, 1.165) is 26.4 Å². The highest BCUT2D eigenvalue weighted by atomic mass is 16.6. The number of carbonyl (C=O) groups is 2. The lowest BCUT2D eigenvalue weighted by Crippen LogP contribution is -2.16. The first-order chi connectivity index (χ1) is 8.11. The molecule has 0 fully saturated rings. The van der Waals surface area contributed by atoms with Crippen LogP contribution in [-0.4, -0.2) is 38.5 Å². The van der Waals surface area contributed by atoms with Gasteiger partial charge in [-0.3, -0.25) is 4.79 Å². The Hall–Kier alpha value is -1.56. The maximum Gasteiger partial charge on any atom is 0.505 e. The quantitative estimate of drug-likeness (QED) is 0.536. The van der Waals surface area contributed by atoms with E-state index in [-0.39, 0.29) is 11.9 Å². The lowest BCUT2D eigenvalue weighted by atomic mass is 9.95. The number of rotatable bonds is 1. The van der Waals surface area contributed by atoms with Crippen molar-refractivity contribution >= 4 is 12.1 Å². The number of ether oxygens (including phenoxy) is 2. The van der Waals surface area contributed by atoms with Crippen molar-refractivity contribution < 1.29 is 24.2 Å². The van der Waals surface area contributed by atoms with E-state index in [9.17, 15) is 4.79 Å². The van der Waals surface area contributed by atoms with Crippen molar-refractivity contribution in [1.82, 2.24) is 0 Å². The maximum atomic E-state index is 10.9. The summed E-state index contributed by atoms with van der Waals surface area (Å²) in [6.45, 7) is 0. The number of allylic oxidation sites excluding steroid dienone is 2. The minimum atomic E-state index is -1.25. The van der Waals surface area contributed by atoms with Crippen molar-refractivity contribution in [3.05, 3.63) is 12.2 Å². The van der Waals surface area contributed by atoms with Crippen LogP contribution in [0.1, 0.15) is 19.3 Å². The number of carbonyl (C=O) groups excluding carboxylic acids is 1. The molecule has 6 nitrogen and oxygen atoms in total. The van der Waals surface area contributed by atoms with Gasteiger partial charge in [-0.25, -0.2) is 4.79 Å². The summed E-state index contributed by atoms with van der Waals surface area (Å²) in [4.78, 5) is 20.1. The summed E-state index contributed by atoms with van der Waals surface area (Å²) in [7, 11) is 4.04. The monoisotopic (exact) mass is 247 g/mol. The van der Waals surface area contributed by atoms with Crippen LogP contribution in [0.5, 0.6) is 0 Å². The van der Waals surface area contributed by atoms with Gasteiger partial charge in [0.1, 0.15) is 0 Å². The molecule has 0 aromatic carbocycles. The molecule has 17 heavy (non-hydrogen) atoms. The second kappa shape index (κ2) is 12.5. The van der Waals surface area contributed by atoms with Crippen LogP contribution in [0.15, 0.2) is 12.2 Å². The van der Waals surface area contributed by atoms with Crippen molar-refractivity contribution in [3.63, 3.8) is 0 Å². The lowest BCUT2D eigenvalue weighted by Gasteiger charge is -2.13. The second-order valence-corrected chi connectivity index (χ2v) is 2.97. The van der Waals surface area contributed by atoms with Crippen molar-refractivity contribution in [2.75, 3.05) is 21.3 Å². The summed E-state index contributed by atoms with van der Waals surface area (Å²) in [5.41, 5.74) is 4.50. The fourth-order valence-electron chi connectivity index (χ4n) is 1.17. The third-order valence-corrected chi connectivity index (χ3v) is 1.98. The van der Waals surface area contributed by atoms with Crippen LogP contribution in [0.3, 0.4) is 0 Å². The molecule has 3 N–H and O–H groups in total. The van der Waals surface area contributed by atoms with Crippen molar-refractivity contribution in [3.8, 4) is 0 Å². The summed E-state index contributed by atoms with van der Waals surface area (Å²) in [5.74, 6) is 0.0550. The molecule has 0 aromatic rings. The first kappa shape index (κ1) is 17.8. The highest BCUT2D eigenvalue weighted by Gasteiger charge is 2.18. The predicted octanol–water partition coefficient (Wildman–Crippen LogP) is 1.40. The number of carboxylic acid groups (broad SMARTS) is 1. The van der Waals surface area contributed by atoms with Gasteiger partial charge in [0.2, 0.25) is 0 Å². The Balaban J connectivity index is 0. The van der Waals surface area contributed by atoms with E-state index in [4.69, 9.17) is 9.90 Å². The maximum absolute atomic E-state index is 10.9. The molecule has 0 bridgehead atoms. The smallest absolute Gasteiger partial charge is 0.469 e. The van der Waals surface area contributed by atoms with Crippen molar-refractivity contribution in [2.24, 2.45) is 11.7 Å². The number of nitrogens with two attached hydrogens (primary N) is 1. The molecule has 100 valence electrons.